The van der Waals surface area contributed by atoms with E-state index in [1.165, 1.54) is 6.08 Å². The average molecular weight is 356 g/mol. The first-order valence-electron chi connectivity index (χ1n) is 8.06. The van der Waals surface area contributed by atoms with E-state index in [9.17, 15) is 13.2 Å². The zero-order valence-corrected chi connectivity index (χ0v) is 14.5. The van der Waals surface area contributed by atoms with E-state index in [4.69, 9.17) is 0 Å². The number of urea groups is 1. The van der Waals surface area contributed by atoms with Gasteiger partial charge in [-0.1, -0.05) is 60.7 Å². The first-order chi connectivity index (χ1) is 12.0. The Morgan fingerprint density at radius 1 is 0.960 bits per heavy atom. The smallest absolute Gasteiger partial charge is 0.318 e. The van der Waals surface area contributed by atoms with Crippen LogP contribution in [0.2, 0.25) is 0 Å². The van der Waals surface area contributed by atoms with Crippen molar-refractivity contribution in [2.75, 3.05) is 5.75 Å². The number of hydrogen-bond acceptors (Lipinski definition) is 3. The van der Waals surface area contributed by atoms with E-state index in [0.29, 0.717) is 13.1 Å². The van der Waals surface area contributed by atoms with Crippen molar-refractivity contribution in [3.8, 4) is 0 Å². The number of nitrogens with one attached hydrogen (secondary N) is 1. The third-order valence-corrected chi connectivity index (χ3v) is 5.35. The summed E-state index contributed by atoms with van der Waals surface area (Å²) in [5.74, 6) is -0.0801. The van der Waals surface area contributed by atoms with Crippen LogP contribution >= 0.6 is 0 Å². The monoisotopic (exact) mass is 356 g/mol. The molecule has 1 unspecified atom stereocenters. The topological polar surface area (TPSA) is 66.5 Å². The molecule has 3 rings (SSSR count). The number of nitrogens with zero attached hydrogens (tertiary/aromatic N) is 1. The van der Waals surface area contributed by atoms with Crippen LogP contribution in [-0.2, 0) is 22.9 Å². The van der Waals surface area contributed by atoms with Crippen LogP contribution in [0.15, 0.2) is 72.1 Å². The number of carbonyl (C=O) groups excluding carboxylic acids is 1. The SMILES string of the molecule is O=C(NC1C=CS(=O)(=O)C1)N(Cc1ccccc1)Cc1ccccc1. The van der Waals surface area contributed by atoms with Crippen LogP contribution in [0.25, 0.3) is 0 Å². The van der Waals surface area contributed by atoms with Crippen LogP contribution in [0.1, 0.15) is 11.1 Å². The summed E-state index contributed by atoms with van der Waals surface area (Å²) in [5.41, 5.74) is 2.03. The highest BCUT2D eigenvalue weighted by molar-refractivity contribution is 7.94. The van der Waals surface area contributed by atoms with Gasteiger partial charge in [0, 0.05) is 18.5 Å². The highest BCUT2D eigenvalue weighted by Crippen LogP contribution is 2.13. The van der Waals surface area contributed by atoms with Gasteiger partial charge in [-0.25, -0.2) is 13.2 Å². The average Bonchev–Trinajstić information content (AvgIpc) is 2.94. The van der Waals surface area contributed by atoms with Crippen LogP contribution in [0, 0.1) is 0 Å². The molecule has 0 aliphatic carbocycles. The summed E-state index contributed by atoms with van der Waals surface area (Å²) in [7, 11) is -3.20. The van der Waals surface area contributed by atoms with Gasteiger partial charge < -0.3 is 10.2 Å². The Labute approximate surface area is 147 Å². The van der Waals surface area contributed by atoms with E-state index in [2.05, 4.69) is 5.32 Å². The molecular weight excluding hydrogens is 336 g/mol. The molecule has 5 nitrogen and oxygen atoms in total. The zero-order valence-electron chi connectivity index (χ0n) is 13.7. The minimum atomic E-state index is -3.20. The molecule has 25 heavy (non-hydrogen) atoms. The maximum Gasteiger partial charge on any atom is 0.318 e. The summed E-state index contributed by atoms with van der Waals surface area (Å²) in [5, 5.41) is 3.96. The van der Waals surface area contributed by atoms with Gasteiger partial charge in [-0.15, -0.1) is 0 Å². The molecule has 1 heterocycles. The normalized spacial score (nSPS) is 18.0. The van der Waals surface area contributed by atoms with E-state index < -0.39 is 15.9 Å². The summed E-state index contributed by atoms with van der Waals surface area (Å²) in [6.45, 7) is 0.898. The van der Waals surface area contributed by atoms with Gasteiger partial charge in [0.05, 0.1) is 11.8 Å². The summed E-state index contributed by atoms with van der Waals surface area (Å²) < 4.78 is 23.0. The van der Waals surface area contributed by atoms with Crippen LogP contribution in [0.5, 0.6) is 0 Å². The number of carbonyl (C=O) groups is 1. The second-order valence-electron chi connectivity index (χ2n) is 6.04. The molecule has 0 bridgehead atoms. The number of hydrogen-bond donors (Lipinski definition) is 1. The molecule has 0 spiro atoms. The molecule has 2 aromatic carbocycles. The van der Waals surface area contributed by atoms with Crippen LogP contribution in [0.3, 0.4) is 0 Å². The molecule has 6 heteroatoms. The Balaban J connectivity index is 1.73. The fraction of sp³-hybridized carbons (Fsp3) is 0.211. The lowest BCUT2D eigenvalue weighted by Crippen LogP contribution is -2.44. The van der Waals surface area contributed by atoms with Crippen LogP contribution < -0.4 is 5.32 Å². The molecule has 1 atom stereocenters. The fourth-order valence-electron chi connectivity index (χ4n) is 2.72. The molecule has 130 valence electrons. The van der Waals surface area contributed by atoms with E-state index >= 15 is 0 Å². The van der Waals surface area contributed by atoms with Crippen molar-refractivity contribution in [2.24, 2.45) is 0 Å². The number of rotatable bonds is 5. The molecule has 1 aliphatic rings. The molecule has 0 saturated heterocycles. The lowest BCUT2D eigenvalue weighted by atomic mass is 10.2. The minimum absolute atomic E-state index is 0.0801. The Morgan fingerprint density at radius 3 is 1.92 bits per heavy atom. The molecule has 2 amide bonds. The predicted octanol–water partition coefficient (Wildman–Crippen LogP) is 2.71. The highest BCUT2D eigenvalue weighted by atomic mass is 32.2. The van der Waals surface area contributed by atoms with Gasteiger partial charge in [0.25, 0.3) is 0 Å². The third kappa shape index (κ3) is 4.93. The first kappa shape index (κ1) is 17.2. The Kier molecular flexibility index (Phi) is 5.19. The summed E-state index contributed by atoms with van der Waals surface area (Å²) in [4.78, 5) is 14.4. The van der Waals surface area contributed by atoms with Crippen molar-refractivity contribution in [1.82, 2.24) is 10.2 Å². The van der Waals surface area contributed by atoms with E-state index in [0.717, 1.165) is 16.5 Å². The zero-order chi connectivity index (χ0) is 17.7. The molecule has 1 N–H and O–H groups in total. The summed E-state index contributed by atoms with van der Waals surface area (Å²) in [6.07, 6.45) is 1.52. The molecular formula is C19H20N2O3S. The highest BCUT2D eigenvalue weighted by Gasteiger charge is 2.25. The molecule has 0 saturated carbocycles. The van der Waals surface area contributed by atoms with Gasteiger partial charge >= 0.3 is 6.03 Å². The minimum Gasteiger partial charge on any atom is -0.331 e. The lowest BCUT2D eigenvalue weighted by molar-refractivity contribution is 0.191. The largest absolute Gasteiger partial charge is 0.331 e. The Hall–Kier alpha value is -2.60. The van der Waals surface area contributed by atoms with Gasteiger partial charge in [-0.3, -0.25) is 0 Å². The second-order valence-corrected chi connectivity index (χ2v) is 7.97. The maximum absolute atomic E-state index is 12.7. The van der Waals surface area contributed by atoms with Crippen molar-refractivity contribution >= 4 is 15.9 Å². The predicted molar refractivity (Wildman–Crippen MR) is 97.4 cm³/mol. The number of amides is 2. The quantitative estimate of drug-likeness (QED) is 0.896. The Morgan fingerprint density at radius 2 is 1.48 bits per heavy atom. The Bertz CT molecular complexity index is 807. The van der Waals surface area contributed by atoms with Crippen molar-refractivity contribution in [3.05, 3.63) is 83.3 Å². The third-order valence-electron chi connectivity index (χ3n) is 3.96. The number of sulfone groups is 1. The van der Waals surface area contributed by atoms with Crippen molar-refractivity contribution in [1.29, 1.82) is 0 Å². The summed E-state index contributed by atoms with van der Waals surface area (Å²) in [6, 6.07) is 18.7. The summed E-state index contributed by atoms with van der Waals surface area (Å²) >= 11 is 0. The van der Waals surface area contributed by atoms with Gasteiger partial charge in [0.1, 0.15) is 0 Å². The van der Waals surface area contributed by atoms with Gasteiger partial charge in [0.15, 0.2) is 9.84 Å². The van der Waals surface area contributed by atoms with Gasteiger partial charge in [-0.2, -0.15) is 0 Å². The van der Waals surface area contributed by atoms with E-state index in [-0.39, 0.29) is 11.8 Å². The molecule has 0 radical (unpaired) electrons. The van der Waals surface area contributed by atoms with Crippen LogP contribution in [-0.4, -0.2) is 31.1 Å². The number of benzene rings is 2. The fourth-order valence-corrected chi connectivity index (χ4v) is 3.96. The molecule has 1 aliphatic heterocycles. The van der Waals surface area contributed by atoms with Gasteiger partial charge in [0.2, 0.25) is 0 Å². The van der Waals surface area contributed by atoms with E-state index in [1.807, 2.05) is 60.7 Å². The van der Waals surface area contributed by atoms with E-state index in [1.54, 1.807) is 4.90 Å². The van der Waals surface area contributed by atoms with Crippen molar-refractivity contribution in [3.63, 3.8) is 0 Å². The van der Waals surface area contributed by atoms with Crippen LogP contribution in [0.4, 0.5) is 4.79 Å². The van der Waals surface area contributed by atoms with Crippen molar-refractivity contribution in [2.45, 2.75) is 19.1 Å². The first-order valence-corrected chi connectivity index (χ1v) is 9.78. The standard InChI is InChI=1S/C19H20N2O3S/c22-19(20-18-11-12-25(23,24)15-18)21(13-16-7-3-1-4-8-16)14-17-9-5-2-6-10-17/h1-12,18H,13-15H2,(H,20,22). The molecule has 0 aromatic heterocycles. The van der Waals surface area contributed by atoms with Crippen molar-refractivity contribution < 1.29 is 13.2 Å². The lowest BCUT2D eigenvalue weighted by Gasteiger charge is -2.25. The van der Waals surface area contributed by atoms with Gasteiger partial charge in [-0.05, 0) is 17.2 Å². The molecule has 2 aromatic rings. The maximum atomic E-state index is 12.7. The second kappa shape index (κ2) is 7.53. The molecule has 0 fully saturated rings.